The Morgan fingerprint density at radius 2 is 1.16 bits per heavy atom. The van der Waals surface area contributed by atoms with Gasteiger partial charge in [0, 0.05) is 84.3 Å². The van der Waals surface area contributed by atoms with E-state index in [-0.39, 0.29) is 28.0 Å². The van der Waals surface area contributed by atoms with Crippen LogP contribution in [0.1, 0.15) is 87.5 Å². The predicted molar refractivity (Wildman–Crippen MR) is 194 cm³/mol. The molecule has 2 aliphatic rings. The van der Waals surface area contributed by atoms with Crippen LogP contribution in [0.3, 0.4) is 0 Å². The topological polar surface area (TPSA) is 145 Å². The molecule has 2 aliphatic heterocycles. The maximum Gasteiger partial charge on any atom is 0.337 e. The second-order valence-corrected chi connectivity index (χ2v) is 15.2. The summed E-state index contributed by atoms with van der Waals surface area (Å²) in [4.78, 5) is 42.1. The van der Waals surface area contributed by atoms with Crippen molar-refractivity contribution in [2.75, 3.05) is 36.8 Å². The summed E-state index contributed by atoms with van der Waals surface area (Å²) in [5.41, 5.74) is 3.18. The van der Waals surface area contributed by atoms with E-state index in [1.54, 1.807) is 18.5 Å². The zero-order valence-corrected chi connectivity index (χ0v) is 29.9. The predicted octanol–water partition coefficient (Wildman–Crippen LogP) is 6.03. The van der Waals surface area contributed by atoms with Crippen LogP contribution in [0.4, 0.5) is 11.6 Å². The summed E-state index contributed by atoms with van der Waals surface area (Å²) in [6, 6.07) is 18.9. The Labute approximate surface area is 290 Å². The van der Waals surface area contributed by atoms with Gasteiger partial charge in [-0.15, -0.1) is 0 Å². The average Bonchev–Trinajstić information content (AvgIpc) is 3.02. The van der Waals surface area contributed by atoms with Crippen LogP contribution in [0.25, 0.3) is 0 Å². The van der Waals surface area contributed by atoms with Crippen LogP contribution in [0.15, 0.2) is 85.5 Å². The number of aromatic nitrogens is 4. The number of aromatic carboxylic acids is 1. The molecule has 0 saturated carbocycles. The van der Waals surface area contributed by atoms with Gasteiger partial charge in [-0.25, -0.2) is 14.8 Å². The summed E-state index contributed by atoms with van der Waals surface area (Å²) in [7, 11) is 0. The number of pyridine rings is 4. The van der Waals surface area contributed by atoms with Crippen LogP contribution in [0.5, 0.6) is 0 Å². The molecular weight excluding hydrogens is 616 g/mol. The largest absolute Gasteiger partial charge is 0.478 e. The molecule has 6 rings (SSSR count). The SMILES string of the molecule is CC(C)(C)Nc1ccc(C(=O)N2CC(C)(c3ccccn3)C2)cn1.CC(C)(C)Nc1ccc(C(=O)O)cn1.CC1(c2ccccn2)CNC1. The lowest BCUT2D eigenvalue weighted by atomic mass is 9.78. The molecule has 0 radical (unpaired) electrons. The van der Waals surface area contributed by atoms with Crippen molar-refractivity contribution in [2.24, 2.45) is 0 Å². The van der Waals surface area contributed by atoms with Gasteiger partial charge in [-0.05, 0) is 90.1 Å². The summed E-state index contributed by atoms with van der Waals surface area (Å²) in [5, 5.41) is 18.3. The molecule has 4 aromatic rings. The van der Waals surface area contributed by atoms with Gasteiger partial charge in [0.25, 0.3) is 5.91 Å². The van der Waals surface area contributed by atoms with Gasteiger partial charge in [0.05, 0.1) is 11.1 Å². The lowest BCUT2D eigenvalue weighted by Gasteiger charge is -2.47. The van der Waals surface area contributed by atoms with E-state index in [1.165, 1.54) is 18.0 Å². The van der Waals surface area contributed by atoms with E-state index < -0.39 is 5.97 Å². The fourth-order valence-electron chi connectivity index (χ4n) is 5.36. The fourth-order valence-corrected chi connectivity index (χ4v) is 5.36. The molecule has 0 atom stereocenters. The van der Waals surface area contributed by atoms with Crippen LogP contribution in [0.2, 0.25) is 0 Å². The Balaban J connectivity index is 0.000000183. The molecule has 49 heavy (non-hydrogen) atoms. The van der Waals surface area contributed by atoms with Crippen molar-refractivity contribution in [3.8, 4) is 0 Å². The third-order valence-corrected chi connectivity index (χ3v) is 7.99. The molecule has 2 saturated heterocycles. The molecular formula is C38H50N8O3. The first-order chi connectivity index (χ1) is 23.0. The fraction of sp³-hybridized carbons (Fsp3) is 0.421. The number of nitrogens with one attached hydrogen (secondary N) is 3. The number of likely N-dealkylation sites (tertiary alicyclic amines) is 1. The van der Waals surface area contributed by atoms with E-state index in [9.17, 15) is 9.59 Å². The maximum atomic E-state index is 12.6. The number of hydrogen-bond acceptors (Lipinski definition) is 9. The van der Waals surface area contributed by atoms with Crippen molar-refractivity contribution < 1.29 is 14.7 Å². The summed E-state index contributed by atoms with van der Waals surface area (Å²) in [6.45, 7) is 20.1. The molecule has 260 valence electrons. The Morgan fingerprint density at radius 1 is 0.694 bits per heavy atom. The van der Waals surface area contributed by atoms with E-state index in [2.05, 4.69) is 76.6 Å². The summed E-state index contributed by atoms with van der Waals surface area (Å²) >= 11 is 0. The minimum absolute atomic E-state index is 0.0261. The third kappa shape index (κ3) is 10.5. The Kier molecular flexibility index (Phi) is 11.4. The quantitative estimate of drug-likeness (QED) is 0.192. The summed E-state index contributed by atoms with van der Waals surface area (Å²) in [6.07, 6.45) is 6.65. The normalized spacial score (nSPS) is 15.9. The first kappa shape index (κ1) is 36.9. The molecule has 0 bridgehead atoms. The van der Waals surface area contributed by atoms with Gasteiger partial charge in [0.15, 0.2) is 0 Å². The van der Waals surface area contributed by atoms with E-state index >= 15 is 0 Å². The highest BCUT2D eigenvalue weighted by Crippen LogP contribution is 2.33. The van der Waals surface area contributed by atoms with Gasteiger partial charge >= 0.3 is 5.97 Å². The Morgan fingerprint density at radius 3 is 1.51 bits per heavy atom. The van der Waals surface area contributed by atoms with Crippen molar-refractivity contribution in [1.29, 1.82) is 0 Å². The first-order valence-electron chi connectivity index (χ1n) is 16.5. The van der Waals surface area contributed by atoms with E-state index in [0.717, 1.165) is 24.6 Å². The molecule has 0 aliphatic carbocycles. The van der Waals surface area contributed by atoms with Gasteiger partial charge in [-0.3, -0.25) is 14.8 Å². The van der Waals surface area contributed by atoms with Gasteiger partial charge in [0.1, 0.15) is 11.6 Å². The Bertz CT molecular complexity index is 1660. The van der Waals surface area contributed by atoms with Crippen LogP contribution in [0, 0.1) is 0 Å². The second kappa shape index (κ2) is 15.1. The number of carbonyl (C=O) groups is 2. The summed E-state index contributed by atoms with van der Waals surface area (Å²) < 4.78 is 0. The van der Waals surface area contributed by atoms with Crippen molar-refractivity contribution in [2.45, 2.75) is 77.3 Å². The van der Waals surface area contributed by atoms with E-state index in [1.807, 2.05) is 74.3 Å². The molecule has 0 aromatic carbocycles. The number of carboxylic acid groups (broad SMARTS) is 1. The molecule has 0 unspecified atom stereocenters. The van der Waals surface area contributed by atoms with Crippen molar-refractivity contribution in [1.82, 2.24) is 30.2 Å². The molecule has 4 aromatic heterocycles. The van der Waals surface area contributed by atoms with E-state index in [4.69, 9.17) is 5.11 Å². The molecule has 0 spiro atoms. The molecule has 11 nitrogen and oxygen atoms in total. The minimum Gasteiger partial charge on any atom is -0.478 e. The smallest absolute Gasteiger partial charge is 0.337 e. The van der Waals surface area contributed by atoms with Gasteiger partial charge in [-0.1, -0.05) is 26.0 Å². The zero-order chi connectivity index (χ0) is 35.9. The highest BCUT2D eigenvalue weighted by Gasteiger charge is 2.43. The molecule has 11 heteroatoms. The van der Waals surface area contributed by atoms with E-state index in [0.29, 0.717) is 29.9 Å². The maximum absolute atomic E-state index is 12.6. The monoisotopic (exact) mass is 666 g/mol. The number of carboxylic acids is 1. The number of nitrogens with zero attached hydrogens (tertiary/aromatic N) is 5. The number of rotatable bonds is 6. The highest BCUT2D eigenvalue weighted by atomic mass is 16.4. The lowest BCUT2D eigenvalue weighted by molar-refractivity contribution is 0.0423. The standard InChI is InChI=1S/C19H24N4O.C10H14N2O2.C9H12N2/c1-18(2,3)22-16-9-8-14(11-21-16)17(24)23-12-19(4,13-23)15-7-5-6-10-20-15;1-10(2,3)12-8-5-4-7(6-11-8)9(13)14;1-9(6-10-7-9)8-4-2-3-5-11-8/h5-11H,12-13H2,1-4H3,(H,21,22);4-6H,1-3H3,(H,11,12)(H,13,14);2-5,10H,6-7H2,1H3. The molecule has 2 fully saturated rings. The first-order valence-corrected chi connectivity index (χ1v) is 16.5. The van der Waals surface area contributed by atoms with Gasteiger partial charge in [-0.2, -0.15) is 0 Å². The van der Waals surface area contributed by atoms with Crippen LogP contribution in [-0.4, -0.2) is 79.1 Å². The van der Waals surface area contributed by atoms with Gasteiger partial charge < -0.3 is 26.0 Å². The van der Waals surface area contributed by atoms with Crippen LogP contribution in [-0.2, 0) is 10.8 Å². The van der Waals surface area contributed by atoms with Crippen molar-refractivity contribution >= 4 is 23.5 Å². The second-order valence-electron chi connectivity index (χ2n) is 15.2. The van der Waals surface area contributed by atoms with Crippen LogP contribution >= 0.6 is 0 Å². The summed E-state index contributed by atoms with van der Waals surface area (Å²) in [5.74, 6) is 0.529. The molecule has 1 amide bonds. The lowest BCUT2D eigenvalue weighted by Crippen LogP contribution is -2.59. The third-order valence-electron chi connectivity index (χ3n) is 7.99. The number of anilines is 2. The van der Waals surface area contributed by atoms with Gasteiger partial charge in [0.2, 0.25) is 0 Å². The minimum atomic E-state index is -0.959. The average molecular weight is 667 g/mol. The van der Waals surface area contributed by atoms with Crippen LogP contribution < -0.4 is 16.0 Å². The molecule has 6 heterocycles. The number of carbonyl (C=O) groups excluding carboxylic acids is 1. The number of amides is 1. The number of hydrogen-bond donors (Lipinski definition) is 4. The highest BCUT2D eigenvalue weighted by molar-refractivity contribution is 5.95. The zero-order valence-electron chi connectivity index (χ0n) is 29.9. The Hall–Kier alpha value is -4.90. The van der Waals surface area contributed by atoms with Crippen molar-refractivity contribution in [3.05, 3.63) is 108 Å². The van der Waals surface area contributed by atoms with Crippen molar-refractivity contribution in [3.63, 3.8) is 0 Å². The molecule has 4 N–H and O–H groups in total.